The number of amides is 1. The van der Waals surface area contributed by atoms with Crippen molar-refractivity contribution in [2.45, 2.75) is 58.8 Å². The van der Waals surface area contributed by atoms with Gasteiger partial charge in [0.2, 0.25) is 5.91 Å². The summed E-state index contributed by atoms with van der Waals surface area (Å²) in [5.41, 5.74) is 4.81. The van der Waals surface area contributed by atoms with Crippen molar-refractivity contribution in [3.8, 4) is 0 Å². The lowest BCUT2D eigenvalue weighted by Gasteiger charge is -2.35. The number of hydrogen-bond acceptors (Lipinski definition) is 5. The molecular weight excluding hydrogens is 374 g/mol. The van der Waals surface area contributed by atoms with Crippen molar-refractivity contribution in [1.82, 2.24) is 19.9 Å². The Morgan fingerprint density at radius 1 is 1.00 bits per heavy atom. The number of nitrogens with zero attached hydrogens (tertiary/aromatic N) is 4. The van der Waals surface area contributed by atoms with Gasteiger partial charge in [0.05, 0.1) is 11.9 Å². The minimum atomic E-state index is 0.166. The van der Waals surface area contributed by atoms with Gasteiger partial charge >= 0.3 is 0 Å². The van der Waals surface area contributed by atoms with Crippen molar-refractivity contribution in [2.75, 3.05) is 18.4 Å². The summed E-state index contributed by atoms with van der Waals surface area (Å²) in [6.45, 7) is 7.95. The number of rotatable bonds is 4. The molecule has 0 spiro atoms. The molecule has 1 fully saturated rings. The van der Waals surface area contributed by atoms with Gasteiger partial charge in [0.15, 0.2) is 0 Å². The molecule has 1 N–H and O–H groups in total. The topological polar surface area (TPSA) is 71.0 Å². The predicted molar refractivity (Wildman–Crippen MR) is 119 cm³/mol. The molecular formula is C24H31N5O. The molecule has 4 rings (SSSR count). The van der Waals surface area contributed by atoms with E-state index in [-0.39, 0.29) is 5.92 Å². The fourth-order valence-electron chi connectivity index (χ4n) is 4.50. The Bertz CT molecular complexity index is 946. The first-order chi connectivity index (χ1) is 14.5. The van der Waals surface area contributed by atoms with E-state index in [1.807, 2.05) is 31.3 Å². The maximum Gasteiger partial charge on any atom is 0.226 e. The van der Waals surface area contributed by atoms with E-state index >= 15 is 0 Å². The van der Waals surface area contributed by atoms with E-state index in [2.05, 4.69) is 34.0 Å². The molecule has 0 radical (unpaired) electrons. The lowest BCUT2D eigenvalue weighted by molar-refractivity contribution is -0.137. The number of nitrogens with one attached hydrogen (secondary N) is 1. The molecule has 1 aliphatic heterocycles. The molecule has 2 aromatic rings. The summed E-state index contributed by atoms with van der Waals surface area (Å²) in [6, 6.07) is 5.86. The van der Waals surface area contributed by atoms with Crippen LogP contribution in [0, 0.1) is 12.8 Å². The molecule has 1 atom stereocenters. The van der Waals surface area contributed by atoms with Gasteiger partial charge in [-0.15, -0.1) is 0 Å². The Kier molecular flexibility index (Phi) is 6.11. The largest absolute Gasteiger partial charge is 0.342 e. The molecule has 6 heteroatoms. The van der Waals surface area contributed by atoms with Crippen LogP contribution in [0.3, 0.4) is 0 Å². The monoisotopic (exact) mass is 405 g/mol. The number of aryl methyl sites for hydroxylation is 1. The van der Waals surface area contributed by atoms with Crippen LogP contribution < -0.4 is 5.32 Å². The third-order valence-electron chi connectivity index (χ3n) is 6.52. The van der Waals surface area contributed by atoms with Gasteiger partial charge in [-0.1, -0.05) is 17.2 Å². The fourth-order valence-corrected chi connectivity index (χ4v) is 4.50. The van der Waals surface area contributed by atoms with Crippen LogP contribution in [0.1, 0.15) is 63.3 Å². The van der Waals surface area contributed by atoms with Gasteiger partial charge in [-0.3, -0.25) is 9.78 Å². The molecule has 0 aromatic carbocycles. The molecule has 30 heavy (non-hydrogen) atoms. The maximum absolute atomic E-state index is 13.0. The second kappa shape index (κ2) is 8.94. The molecule has 6 nitrogen and oxygen atoms in total. The van der Waals surface area contributed by atoms with E-state index in [1.165, 1.54) is 11.1 Å². The Morgan fingerprint density at radius 2 is 1.80 bits per heavy atom. The molecule has 0 saturated carbocycles. The third-order valence-corrected chi connectivity index (χ3v) is 6.52. The lowest BCUT2D eigenvalue weighted by atomic mass is 9.83. The fraction of sp³-hybridized carbons (Fsp3) is 0.500. The zero-order valence-electron chi connectivity index (χ0n) is 18.2. The first-order valence-electron chi connectivity index (χ1n) is 11.0. The summed E-state index contributed by atoms with van der Waals surface area (Å²) in [5, 5.41) is 3.25. The van der Waals surface area contributed by atoms with E-state index in [0.717, 1.165) is 62.4 Å². The van der Waals surface area contributed by atoms with E-state index in [1.54, 1.807) is 6.20 Å². The van der Waals surface area contributed by atoms with Gasteiger partial charge in [-0.25, -0.2) is 9.97 Å². The summed E-state index contributed by atoms with van der Waals surface area (Å²) >= 11 is 0. The Balaban J connectivity index is 1.36. The molecule has 0 unspecified atom stereocenters. The highest BCUT2D eigenvalue weighted by Crippen LogP contribution is 2.33. The van der Waals surface area contributed by atoms with Gasteiger partial charge in [0.1, 0.15) is 11.6 Å². The number of pyridine rings is 1. The van der Waals surface area contributed by atoms with Crippen molar-refractivity contribution < 1.29 is 4.79 Å². The molecule has 2 aromatic heterocycles. The quantitative estimate of drug-likeness (QED) is 0.742. The molecule has 1 aliphatic carbocycles. The highest BCUT2D eigenvalue weighted by molar-refractivity contribution is 5.79. The SMILES string of the molecule is CC1=C(C)C[C@H](C(=O)N2CCC(c3cncc(Nc4cccc(C)n4)n3)CC2)CC1. The van der Waals surface area contributed by atoms with Crippen LogP contribution >= 0.6 is 0 Å². The number of allylic oxidation sites excluding steroid dienone is 2. The van der Waals surface area contributed by atoms with E-state index in [9.17, 15) is 4.79 Å². The number of aromatic nitrogens is 3. The average Bonchev–Trinajstić information content (AvgIpc) is 2.75. The van der Waals surface area contributed by atoms with Crippen molar-refractivity contribution in [2.24, 2.45) is 5.92 Å². The molecule has 2 aliphatic rings. The van der Waals surface area contributed by atoms with Crippen molar-refractivity contribution in [3.05, 3.63) is 53.1 Å². The van der Waals surface area contributed by atoms with Crippen LogP contribution in [0.5, 0.6) is 0 Å². The highest BCUT2D eigenvalue weighted by atomic mass is 16.2. The lowest BCUT2D eigenvalue weighted by Crippen LogP contribution is -2.42. The number of anilines is 2. The number of piperidine rings is 1. The van der Waals surface area contributed by atoms with Gasteiger partial charge in [-0.2, -0.15) is 0 Å². The molecule has 1 saturated heterocycles. The van der Waals surface area contributed by atoms with Crippen LogP contribution in [-0.4, -0.2) is 38.8 Å². The molecule has 1 amide bonds. The summed E-state index contributed by atoms with van der Waals surface area (Å²) in [6.07, 6.45) is 8.44. The molecule has 3 heterocycles. The Labute approximate surface area is 178 Å². The number of hydrogen-bond donors (Lipinski definition) is 1. The predicted octanol–water partition coefficient (Wildman–Crippen LogP) is 4.77. The Morgan fingerprint density at radius 3 is 2.53 bits per heavy atom. The number of carbonyl (C=O) groups is 1. The molecule has 0 bridgehead atoms. The summed E-state index contributed by atoms with van der Waals surface area (Å²) < 4.78 is 0. The smallest absolute Gasteiger partial charge is 0.226 e. The highest BCUT2D eigenvalue weighted by Gasteiger charge is 2.31. The summed E-state index contributed by atoms with van der Waals surface area (Å²) in [7, 11) is 0. The second-order valence-electron chi connectivity index (χ2n) is 8.72. The van der Waals surface area contributed by atoms with Crippen molar-refractivity contribution in [3.63, 3.8) is 0 Å². The summed E-state index contributed by atoms with van der Waals surface area (Å²) in [4.78, 5) is 28.7. The minimum Gasteiger partial charge on any atom is -0.342 e. The van der Waals surface area contributed by atoms with Crippen LogP contribution in [0.2, 0.25) is 0 Å². The zero-order chi connectivity index (χ0) is 21.1. The molecule has 158 valence electrons. The van der Waals surface area contributed by atoms with Crippen molar-refractivity contribution >= 4 is 17.5 Å². The van der Waals surface area contributed by atoms with Gasteiger partial charge in [-0.05, 0) is 65.0 Å². The first kappa shape index (κ1) is 20.5. The van der Waals surface area contributed by atoms with Crippen LogP contribution in [0.25, 0.3) is 0 Å². The van der Waals surface area contributed by atoms with Crippen LogP contribution in [0.15, 0.2) is 41.7 Å². The zero-order valence-corrected chi connectivity index (χ0v) is 18.2. The van der Waals surface area contributed by atoms with Gasteiger partial charge in [0.25, 0.3) is 0 Å². The third kappa shape index (κ3) is 4.69. The van der Waals surface area contributed by atoms with E-state index in [4.69, 9.17) is 4.98 Å². The van der Waals surface area contributed by atoms with Gasteiger partial charge in [0, 0.05) is 36.8 Å². The summed E-state index contributed by atoms with van der Waals surface area (Å²) in [5.74, 6) is 2.33. The minimum absolute atomic E-state index is 0.166. The van der Waals surface area contributed by atoms with Crippen LogP contribution in [-0.2, 0) is 4.79 Å². The van der Waals surface area contributed by atoms with Crippen molar-refractivity contribution in [1.29, 1.82) is 0 Å². The first-order valence-corrected chi connectivity index (χ1v) is 11.0. The number of carbonyl (C=O) groups excluding carboxylic acids is 1. The average molecular weight is 406 g/mol. The Hall–Kier alpha value is -2.76. The normalized spacial score (nSPS) is 20.4. The van der Waals surface area contributed by atoms with Crippen LogP contribution in [0.4, 0.5) is 11.6 Å². The second-order valence-corrected chi connectivity index (χ2v) is 8.72. The van der Waals surface area contributed by atoms with E-state index < -0.39 is 0 Å². The maximum atomic E-state index is 13.0. The number of likely N-dealkylation sites (tertiary alicyclic amines) is 1. The van der Waals surface area contributed by atoms with Gasteiger partial charge < -0.3 is 10.2 Å². The standard InChI is InChI=1S/C24H31N5O/c1-16-7-8-20(13-17(16)2)24(30)29-11-9-19(10-12-29)21-14-25-15-23(27-21)28-22-6-4-5-18(3)26-22/h4-6,14-15,19-20H,7-13H2,1-3H3,(H,26,27,28)/t20-/m1/s1. The van der Waals surface area contributed by atoms with E-state index in [0.29, 0.717) is 17.6 Å².